The van der Waals surface area contributed by atoms with Crippen molar-refractivity contribution in [3.8, 4) is 0 Å². The lowest BCUT2D eigenvalue weighted by Gasteiger charge is -1.99. The molecule has 0 saturated heterocycles. The molecular weight excluding hydrogens is 337 g/mol. The van der Waals surface area contributed by atoms with Crippen molar-refractivity contribution in [1.82, 2.24) is 0 Å². The smallest absolute Gasteiger partial charge is 0.282 e. The molecule has 14 heavy (non-hydrogen) atoms. The average molecular weight is 341 g/mol. The molecule has 0 atom stereocenters. The molecule has 74 valence electrons. The summed E-state index contributed by atoms with van der Waals surface area (Å²) in [6.07, 6.45) is 0. The minimum absolute atomic E-state index is 0.207. The molecule has 1 N–H and O–H groups in total. The highest BCUT2D eigenvalue weighted by Gasteiger charge is 2.11. The van der Waals surface area contributed by atoms with E-state index < -0.39 is 10.1 Å². The van der Waals surface area contributed by atoms with E-state index in [0.29, 0.717) is 5.69 Å². The summed E-state index contributed by atoms with van der Waals surface area (Å²) in [6.45, 7) is 0. The minimum Gasteiger partial charge on any atom is -0.282 e. The number of benzene rings is 1. The van der Waals surface area contributed by atoms with Crippen molar-refractivity contribution in [2.24, 2.45) is 4.99 Å². The quantitative estimate of drug-likeness (QED) is 0.388. The summed E-state index contributed by atoms with van der Waals surface area (Å²) in [7, 11) is -4.19. The van der Waals surface area contributed by atoms with Gasteiger partial charge in [-0.15, -0.1) is 0 Å². The van der Waals surface area contributed by atoms with Crippen LogP contribution in [0.5, 0.6) is 0 Å². The van der Waals surface area contributed by atoms with Crippen LogP contribution in [0.2, 0.25) is 0 Å². The summed E-state index contributed by atoms with van der Waals surface area (Å²) in [4.78, 5) is 3.46. The molecule has 4 nitrogen and oxygen atoms in total. The van der Waals surface area contributed by atoms with Gasteiger partial charge in [0.2, 0.25) is 0 Å². The molecule has 0 radical (unpaired) electrons. The maximum atomic E-state index is 10.8. The van der Waals surface area contributed by atoms with Gasteiger partial charge in [0.1, 0.15) is 0 Å². The zero-order valence-corrected chi connectivity index (χ0v) is 10.4. The average Bonchev–Trinajstić information content (AvgIpc) is 2.07. The monoisotopic (exact) mass is 341 g/mol. The summed E-state index contributed by atoms with van der Waals surface area (Å²) in [5.41, 5.74) is 0.371. The van der Waals surface area contributed by atoms with E-state index in [1.54, 1.807) is 0 Å². The van der Waals surface area contributed by atoms with Crippen LogP contribution in [0.1, 0.15) is 0 Å². The largest absolute Gasteiger partial charge is 0.294 e. The maximum absolute atomic E-state index is 10.8. The molecule has 0 aliphatic heterocycles. The van der Waals surface area contributed by atoms with Gasteiger partial charge in [0.15, 0.2) is 0 Å². The molecule has 0 aliphatic rings. The zero-order chi connectivity index (χ0) is 10.8. The van der Waals surface area contributed by atoms with Crippen molar-refractivity contribution in [2.75, 3.05) is 0 Å². The Labute approximate surface area is 99.9 Å². The van der Waals surface area contributed by atoms with E-state index in [4.69, 9.17) is 4.55 Å². The van der Waals surface area contributed by atoms with Crippen LogP contribution in [0.15, 0.2) is 28.1 Å². The van der Waals surface area contributed by atoms with Gasteiger partial charge in [0.25, 0.3) is 10.1 Å². The third kappa shape index (κ3) is 2.82. The normalized spacial score (nSPS) is 10.7. The van der Waals surface area contributed by atoms with E-state index in [2.05, 4.69) is 22.4 Å². The van der Waals surface area contributed by atoms with Gasteiger partial charge in [-0.2, -0.15) is 13.4 Å². The van der Waals surface area contributed by atoms with E-state index in [0.717, 1.165) is 3.57 Å². The third-order valence-corrected chi connectivity index (χ3v) is 3.23. The van der Waals surface area contributed by atoms with Gasteiger partial charge in [-0.3, -0.25) is 4.55 Å². The molecule has 0 heterocycles. The highest BCUT2D eigenvalue weighted by molar-refractivity contribution is 14.1. The van der Waals surface area contributed by atoms with Gasteiger partial charge < -0.3 is 0 Å². The molecular formula is C7H4INO3S2. The molecule has 0 unspecified atom stereocenters. The second-order valence-electron chi connectivity index (χ2n) is 2.29. The molecule has 0 aliphatic carbocycles. The zero-order valence-electron chi connectivity index (χ0n) is 6.64. The second-order valence-corrected chi connectivity index (χ2v) is 5.06. The predicted molar refractivity (Wildman–Crippen MR) is 63.7 cm³/mol. The fraction of sp³-hybridized carbons (Fsp3) is 0. The molecule has 0 fully saturated rings. The number of rotatable bonds is 2. The van der Waals surface area contributed by atoms with Crippen LogP contribution in [0, 0.1) is 3.57 Å². The van der Waals surface area contributed by atoms with Crippen LogP contribution in [0.4, 0.5) is 5.69 Å². The molecule has 0 saturated carbocycles. The summed E-state index contributed by atoms with van der Waals surface area (Å²) >= 11 is 6.37. The number of isothiocyanates is 1. The summed E-state index contributed by atoms with van der Waals surface area (Å²) < 4.78 is 31.0. The molecule has 1 aromatic rings. The molecule has 0 bridgehead atoms. The third-order valence-electron chi connectivity index (χ3n) is 1.38. The Bertz CT molecular complexity index is 506. The molecule has 1 aromatic carbocycles. The Morgan fingerprint density at radius 2 is 2.14 bits per heavy atom. The molecule has 0 spiro atoms. The lowest BCUT2D eigenvalue weighted by molar-refractivity contribution is 0.483. The Hall–Kier alpha value is -0.340. The standard InChI is InChI=1S/C7H4INO3S2/c8-6-2-1-5(14(10,11)12)3-7(6)9-4-13/h1-3H,(H,10,11,12). The van der Waals surface area contributed by atoms with Gasteiger partial charge >= 0.3 is 0 Å². The molecule has 7 heteroatoms. The van der Waals surface area contributed by atoms with E-state index in [1.165, 1.54) is 18.2 Å². The van der Waals surface area contributed by atoms with E-state index in [1.807, 2.05) is 22.6 Å². The van der Waals surface area contributed by atoms with Crippen LogP contribution in [-0.4, -0.2) is 18.1 Å². The van der Waals surface area contributed by atoms with Crippen molar-refractivity contribution in [1.29, 1.82) is 0 Å². The Morgan fingerprint density at radius 1 is 1.50 bits per heavy atom. The number of halogens is 1. The van der Waals surface area contributed by atoms with Crippen molar-refractivity contribution < 1.29 is 13.0 Å². The topological polar surface area (TPSA) is 66.7 Å². The maximum Gasteiger partial charge on any atom is 0.294 e. The van der Waals surface area contributed by atoms with Crippen LogP contribution in [0.25, 0.3) is 0 Å². The highest BCUT2D eigenvalue weighted by Crippen LogP contribution is 2.24. The SMILES string of the molecule is O=S(=O)(O)c1ccc(I)c(N=C=S)c1. The lowest BCUT2D eigenvalue weighted by atomic mass is 10.3. The van der Waals surface area contributed by atoms with Gasteiger partial charge in [0, 0.05) is 3.57 Å². The molecule has 0 amide bonds. The number of hydrogen-bond acceptors (Lipinski definition) is 4. The van der Waals surface area contributed by atoms with Gasteiger partial charge in [-0.05, 0) is 53.0 Å². The minimum atomic E-state index is -4.19. The van der Waals surface area contributed by atoms with Crippen LogP contribution in [0.3, 0.4) is 0 Å². The summed E-state index contributed by atoms with van der Waals surface area (Å²) in [5.74, 6) is 0. The molecule has 0 aromatic heterocycles. The molecule has 1 rings (SSSR count). The van der Waals surface area contributed by atoms with Gasteiger partial charge in [-0.1, -0.05) is 0 Å². The van der Waals surface area contributed by atoms with Crippen molar-refractivity contribution in [3.63, 3.8) is 0 Å². The first-order valence-electron chi connectivity index (χ1n) is 3.30. The van der Waals surface area contributed by atoms with Crippen LogP contribution >= 0.6 is 34.8 Å². The van der Waals surface area contributed by atoms with E-state index in [-0.39, 0.29) is 4.90 Å². The fourth-order valence-corrected chi connectivity index (χ4v) is 1.84. The fourth-order valence-electron chi connectivity index (χ4n) is 0.788. The van der Waals surface area contributed by atoms with Crippen LogP contribution in [-0.2, 0) is 10.1 Å². The summed E-state index contributed by atoms with van der Waals surface area (Å²) in [6, 6.07) is 4.05. The number of aliphatic imine (C=N–C) groups is 1. The Balaban J connectivity index is 3.41. The first kappa shape index (κ1) is 11.7. The summed E-state index contributed by atoms with van der Waals surface area (Å²) in [5, 5.41) is 2.13. The first-order chi connectivity index (χ1) is 6.45. The Kier molecular flexibility index (Phi) is 3.73. The number of hydrogen-bond donors (Lipinski definition) is 1. The van der Waals surface area contributed by atoms with Crippen molar-refractivity contribution in [2.45, 2.75) is 4.90 Å². The Morgan fingerprint density at radius 3 is 2.64 bits per heavy atom. The van der Waals surface area contributed by atoms with Crippen LogP contribution < -0.4 is 0 Å². The van der Waals surface area contributed by atoms with E-state index in [9.17, 15) is 8.42 Å². The predicted octanol–water partition coefficient (Wildman–Crippen LogP) is 2.27. The van der Waals surface area contributed by atoms with Crippen molar-refractivity contribution >= 4 is 55.8 Å². The van der Waals surface area contributed by atoms with Crippen molar-refractivity contribution in [3.05, 3.63) is 21.8 Å². The van der Waals surface area contributed by atoms with E-state index >= 15 is 0 Å². The first-order valence-corrected chi connectivity index (χ1v) is 6.23. The number of nitrogens with zero attached hydrogens (tertiary/aromatic N) is 1. The number of thiocarbonyl (C=S) groups is 1. The van der Waals surface area contributed by atoms with Gasteiger partial charge in [0.05, 0.1) is 15.7 Å². The lowest BCUT2D eigenvalue weighted by Crippen LogP contribution is -1.97. The second kappa shape index (κ2) is 4.45. The highest BCUT2D eigenvalue weighted by atomic mass is 127. The van der Waals surface area contributed by atoms with Gasteiger partial charge in [-0.25, -0.2) is 0 Å².